The zero-order valence-electron chi connectivity index (χ0n) is 23.6. The highest BCUT2D eigenvalue weighted by Gasteiger charge is 2.47. The number of hydrogen-bond donors (Lipinski definition) is 0. The molecule has 8 heteroatoms. The van der Waals surface area contributed by atoms with Crippen LogP contribution in [-0.2, 0) is 29.5 Å². The van der Waals surface area contributed by atoms with E-state index in [1.807, 2.05) is 16.8 Å². The standard InChI is InChI=1S/C32H40FN5O2/c1-3-28(39)38-20-31(21-38)12-14-37(15-13-31)29-25-9-11-32(10-8-22-6-4-5-7-26(22)32)17-27(25)34-30(35-29)40-19-24-16-23(33)18-36(24)2/h3-7,23-24H,1,8-21H2,2H3/t23-,24+,32+/m1/s1. The van der Waals surface area contributed by atoms with Gasteiger partial charge >= 0.3 is 6.01 Å². The number of likely N-dealkylation sites (tertiary alicyclic amines) is 2. The Morgan fingerprint density at radius 3 is 2.67 bits per heavy atom. The van der Waals surface area contributed by atoms with E-state index in [0.29, 0.717) is 25.6 Å². The number of hydrogen-bond acceptors (Lipinski definition) is 6. The molecule has 2 aliphatic carbocycles. The average Bonchev–Trinajstić information content (AvgIpc) is 3.47. The van der Waals surface area contributed by atoms with Gasteiger partial charge < -0.3 is 14.5 Å². The highest BCUT2D eigenvalue weighted by Crippen LogP contribution is 2.49. The number of benzene rings is 1. The number of amides is 1. The first kappa shape index (κ1) is 25.9. The van der Waals surface area contributed by atoms with Gasteiger partial charge in [0.2, 0.25) is 5.91 Å². The number of rotatable bonds is 5. The van der Waals surface area contributed by atoms with Gasteiger partial charge in [0.15, 0.2) is 0 Å². The van der Waals surface area contributed by atoms with Crippen LogP contribution < -0.4 is 9.64 Å². The fraction of sp³-hybridized carbons (Fsp3) is 0.594. The van der Waals surface area contributed by atoms with Crippen LogP contribution in [0.5, 0.6) is 6.01 Å². The summed E-state index contributed by atoms with van der Waals surface area (Å²) in [7, 11) is 1.96. The van der Waals surface area contributed by atoms with Gasteiger partial charge in [-0.3, -0.25) is 9.69 Å². The van der Waals surface area contributed by atoms with Crippen molar-refractivity contribution in [3.05, 3.63) is 59.3 Å². The minimum absolute atomic E-state index is 0.0362. The summed E-state index contributed by atoms with van der Waals surface area (Å²) in [5.41, 5.74) is 5.73. The second-order valence-electron chi connectivity index (χ2n) is 13.0. The van der Waals surface area contributed by atoms with Gasteiger partial charge in [0, 0.05) is 55.2 Å². The zero-order chi connectivity index (χ0) is 27.5. The summed E-state index contributed by atoms with van der Waals surface area (Å²) in [6, 6.07) is 9.40. The second-order valence-corrected chi connectivity index (χ2v) is 13.0. The van der Waals surface area contributed by atoms with Crippen molar-refractivity contribution in [2.75, 3.05) is 51.3 Å². The molecule has 1 aromatic heterocycles. The van der Waals surface area contributed by atoms with Gasteiger partial charge in [0.05, 0.1) is 5.69 Å². The third-order valence-corrected chi connectivity index (χ3v) is 10.6. The van der Waals surface area contributed by atoms with Crippen molar-refractivity contribution in [1.82, 2.24) is 19.8 Å². The summed E-state index contributed by atoms with van der Waals surface area (Å²) in [6.07, 6.45) is 8.51. The third-order valence-electron chi connectivity index (χ3n) is 10.6. The Morgan fingerprint density at radius 2 is 1.93 bits per heavy atom. The Hall–Kier alpha value is -3.00. The van der Waals surface area contributed by atoms with E-state index in [1.165, 1.54) is 22.8 Å². The second kappa shape index (κ2) is 9.82. The Bertz CT molecular complexity index is 1320. The molecule has 3 aliphatic heterocycles. The molecule has 0 bridgehead atoms. The average molecular weight is 546 g/mol. The maximum atomic E-state index is 14.0. The molecule has 3 fully saturated rings. The van der Waals surface area contributed by atoms with E-state index in [1.54, 1.807) is 0 Å². The molecule has 212 valence electrons. The number of ether oxygens (including phenoxy) is 1. The fourth-order valence-corrected chi connectivity index (χ4v) is 8.14. The summed E-state index contributed by atoms with van der Waals surface area (Å²) < 4.78 is 20.2. The molecule has 7 rings (SSSR count). The van der Waals surface area contributed by atoms with Crippen molar-refractivity contribution in [3.63, 3.8) is 0 Å². The number of carbonyl (C=O) groups is 1. The lowest BCUT2D eigenvalue weighted by Crippen LogP contribution is -2.61. The molecule has 0 radical (unpaired) electrons. The van der Waals surface area contributed by atoms with Gasteiger partial charge in [-0.2, -0.15) is 9.97 Å². The molecule has 3 saturated heterocycles. The van der Waals surface area contributed by atoms with E-state index >= 15 is 0 Å². The van der Waals surface area contributed by atoms with Crippen molar-refractivity contribution >= 4 is 11.7 Å². The summed E-state index contributed by atoms with van der Waals surface area (Å²) in [5.74, 6) is 1.06. The third kappa shape index (κ3) is 4.39. The van der Waals surface area contributed by atoms with Crippen molar-refractivity contribution in [2.45, 2.75) is 69.0 Å². The lowest BCUT2D eigenvalue weighted by molar-refractivity contribution is -0.139. The maximum absolute atomic E-state index is 14.0. The number of anilines is 1. The summed E-state index contributed by atoms with van der Waals surface area (Å²) >= 11 is 0. The van der Waals surface area contributed by atoms with Crippen molar-refractivity contribution < 1.29 is 13.9 Å². The van der Waals surface area contributed by atoms with Crippen molar-refractivity contribution in [3.8, 4) is 6.01 Å². The molecule has 5 aliphatic rings. The first-order valence-corrected chi connectivity index (χ1v) is 15.0. The quantitative estimate of drug-likeness (QED) is 0.532. The van der Waals surface area contributed by atoms with Crippen LogP contribution >= 0.6 is 0 Å². The fourth-order valence-electron chi connectivity index (χ4n) is 8.14. The molecule has 0 saturated carbocycles. The SMILES string of the molecule is C=CC(=O)N1CC2(CCN(c3nc(OC[C@@H]4C[C@@H](F)CN4C)nc4c3CC[C@@]3(CCc5ccccc53)C4)CC2)C1. The topological polar surface area (TPSA) is 61.8 Å². The molecule has 4 heterocycles. The summed E-state index contributed by atoms with van der Waals surface area (Å²) in [6.45, 7) is 7.99. The molecule has 2 spiro atoms. The predicted molar refractivity (Wildman–Crippen MR) is 153 cm³/mol. The van der Waals surface area contributed by atoms with Gasteiger partial charge in [-0.05, 0) is 75.6 Å². The van der Waals surface area contributed by atoms with Crippen LogP contribution in [0.2, 0.25) is 0 Å². The first-order chi connectivity index (χ1) is 19.4. The van der Waals surface area contributed by atoms with Crippen molar-refractivity contribution in [2.24, 2.45) is 5.41 Å². The van der Waals surface area contributed by atoms with E-state index in [4.69, 9.17) is 14.7 Å². The van der Waals surface area contributed by atoms with E-state index in [0.717, 1.165) is 82.6 Å². The largest absolute Gasteiger partial charge is 0.462 e. The molecule has 0 N–H and O–H groups in total. The normalized spacial score (nSPS) is 28.9. The van der Waals surface area contributed by atoms with E-state index in [-0.39, 0.29) is 22.8 Å². The van der Waals surface area contributed by atoms with Crippen LogP contribution in [0.3, 0.4) is 0 Å². The minimum Gasteiger partial charge on any atom is -0.462 e. The Balaban J connectivity index is 1.15. The smallest absolute Gasteiger partial charge is 0.318 e. The van der Waals surface area contributed by atoms with Gasteiger partial charge in [-0.1, -0.05) is 30.8 Å². The summed E-state index contributed by atoms with van der Waals surface area (Å²) in [5, 5.41) is 0. The molecule has 2 aromatic rings. The molecule has 1 aromatic carbocycles. The number of aromatic nitrogens is 2. The predicted octanol–water partition coefficient (Wildman–Crippen LogP) is 3.89. The van der Waals surface area contributed by atoms with Crippen LogP contribution in [-0.4, -0.2) is 84.3 Å². The highest BCUT2D eigenvalue weighted by atomic mass is 19.1. The molecule has 40 heavy (non-hydrogen) atoms. The maximum Gasteiger partial charge on any atom is 0.318 e. The number of carbonyl (C=O) groups excluding carboxylic acids is 1. The number of piperidine rings is 1. The Morgan fingerprint density at radius 1 is 1.15 bits per heavy atom. The number of halogens is 1. The van der Waals surface area contributed by atoms with E-state index in [9.17, 15) is 9.18 Å². The first-order valence-electron chi connectivity index (χ1n) is 15.0. The zero-order valence-corrected chi connectivity index (χ0v) is 23.6. The minimum atomic E-state index is -0.800. The number of aryl methyl sites for hydroxylation is 1. The Kier molecular flexibility index (Phi) is 6.37. The van der Waals surface area contributed by atoms with Gasteiger partial charge in [-0.15, -0.1) is 0 Å². The lowest BCUT2D eigenvalue weighted by Gasteiger charge is -2.54. The van der Waals surface area contributed by atoms with Crippen LogP contribution in [0.25, 0.3) is 0 Å². The van der Waals surface area contributed by atoms with Gasteiger partial charge in [0.1, 0.15) is 18.6 Å². The molecule has 7 nitrogen and oxygen atoms in total. The lowest BCUT2D eigenvalue weighted by atomic mass is 9.69. The van der Waals surface area contributed by atoms with E-state index in [2.05, 4.69) is 35.7 Å². The highest BCUT2D eigenvalue weighted by molar-refractivity contribution is 5.87. The van der Waals surface area contributed by atoms with Crippen LogP contribution in [0, 0.1) is 5.41 Å². The number of likely N-dealkylation sites (N-methyl/N-ethyl adjacent to an activating group) is 1. The van der Waals surface area contributed by atoms with Crippen LogP contribution in [0.1, 0.15) is 54.5 Å². The van der Waals surface area contributed by atoms with E-state index < -0.39 is 6.17 Å². The number of fused-ring (bicyclic) bond motifs is 3. The van der Waals surface area contributed by atoms with Crippen molar-refractivity contribution in [1.29, 1.82) is 0 Å². The summed E-state index contributed by atoms with van der Waals surface area (Å²) in [4.78, 5) is 28.5. The molecular weight excluding hydrogens is 505 g/mol. The molecule has 0 unspecified atom stereocenters. The monoisotopic (exact) mass is 545 g/mol. The van der Waals surface area contributed by atoms with Crippen LogP contribution in [0.15, 0.2) is 36.9 Å². The molecule has 1 amide bonds. The van der Waals surface area contributed by atoms with Crippen LogP contribution in [0.4, 0.5) is 10.2 Å². The number of alkyl halides is 1. The van der Waals surface area contributed by atoms with Gasteiger partial charge in [0.25, 0.3) is 0 Å². The molecule has 3 atom stereocenters. The van der Waals surface area contributed by atoms with Gasteiger partial charge in [-0.25, -0.2) is 4.39 Å². The Labute approximate surface area is 236 Å². The molecular formula is C32H40FN5O2. The number of nitrogens with zero attached hydrogens (tertiary/aromatic N) is 5.